The van der Waals surface area contributed by atoms with Gasteiger partial charge in [-0.25, -0.2) is 27.7 Å². The Kier molecular flexibility index (Phi) is 11.6. The van der Waals surface area contributed by atoms with E-state index in [9.17, 15) is 31.5 Å². The Morgan fingerprint density at radius 3 is 2.26 bits per heavy atom. The molecule has 3 aliphatic rings. The highest BCUT2D eigenvalue weighted by Crippen LogP contribution is 2.32. The summed E-state index contributed by atoms with van der Waals surface area (Å²) >= 11 is 0. The Labute approximate surface area is 239 Å². The Bertz CT molecular complexity index is 1290. The van der Waals surface area contributed by atoms with Gasteiger partial charge in [-0.15, -0.1) is 0 Å². The predicted octanol–water partition coefficient (Wildman–Crippen LogP) is 5.20. The van der Waals surface area contributed by atoms with Crippen molar-refractivity contribution in [3.8, 4) is 0 Å². The van der Waals surface area contributed by atoms with Gasteiger partial charge in [-0.3, -0.25) is 4.79 Å². The fraction of sp³-hybridized carbons (Fsp3) is 0.615. The zero-order valence-electron chi connectivity index (χ0n) is 23.5. The number of urea groups is 1. The number of carbonyl (C=O) groups is 2. The van der Waals surface area contributed by atoms with Crippen molar-refractivity contribution in [2.24, 2.45) is 0 Å². The summed E-state index contributed by atoms with van der Waals surface area (Å²) in [6.07, 6.45) is 6.60. The summed E-state index contributed by atoms with van der Waals surface area (Å²) in [4.78, 5) is 29.8. The summed E-state index contributed by atoms with van der Waals surface area (Å²) in [5.74, 6) is -2.70. The van der Waals surface area contributed by atoms with Crippen molar-refractivity contribution in [2.75, 3.05) is 13.1 Å². The van der Waals surface area contributed by atoms with E-state index in [-0.39, 0.29) is 43.9 Å². The molecule has 42 heavy (non-hydrogen) atoms. The van der Waals surface area contributed by atoms with E-state index in [2.05, 4.69) is 35.7 Å². The van der Waals surface area contributed by atoms with Crippen LogP contribution in [0.15, 0.2) is 23.1 Å². The molecule has 0 aromatic carbocycles. The molecular formula is C26H35F5N8O3. The number of nitrogens with one attached hydrogen (secondary N) is 2. The smallest absolute Gasteiger partial charge is 0.345 e. The minimum absolute atomic E-state index is 0.0748. The van der Waals surface area contributed by atoms with Crippen LogP contribution in [0.25, 0.3) is 5.65 Å². The number of hydrogen-bond donors (Lipinski definition) is 2. The molecule has 0 atom stereocenters. The third kappa shape index (κ3) is 11.9. The van der Waals surface area contributed by atoms with Crippen LogP contribution in [0.2, 0.25) is 0 Å². The van der Waals surface area contributed by atoms with Gasteiger partial charge in [-0.05, 0) is 36.6 Å². The minimum Gasteiger partial charge on any atom is -0.345 e. The molecule has 3 aromatic rings. The number of aryl methyl sites for hydroxylation is 1. The molecule has 6 rings (SSSR count). The van der Waals surface area contributed by atoms with Gasteiger partial charge in [0.2, 0.25) is 5.92 Å². The molecule has 0 unspecified atom stereocenters. The molecule has 0 spiro atoms. The predicted molar refractivity (Wildman–Crippen MR) is 141 cm³/mol. The fourth-order valence-electron chi connectivity index (χ4n) is 3.78. The molecule has 3 amide bonds. The second-order valence-corrected chi connectivity index (χ2v) is 10.2. The third-order valence-corrected chi connectivity index (χ3v) is 5.98. The van der Waals surface area contributed by atoms with Crippen molar-refractivity contribution in [3.63, 3.8) is 0 Å². The summed E-state index contributed by atoms with van der Waals surface area (Å²) in [6, 6.07) is 1.80. The van der Waals surface area contributed by atoms with E-state index < -0.39 is 12.1 Å². The Hall–Kier alpha value is -3.85. The van der Waals surface area contributed by atoms with E-state index >= 15 is 0 Å². The number of fused-ring (bicyclic) bond motifs is 1. The lowest BCUT2D eigenvalue weighted by Crippen LogP contribution is -2.27. The van der Waals surface area contributed by atoms with Crippen LogP contribution in [0.1, 0.15) is 85.7 Å². The van der Waals surface area contributed by atoms with Gasteiger partial charge in [0.05, 0.1) is 24.6 Å². The van der Waals surface area contributed by atoms with E-state index in [0.717, 1.165) is 12.0 Å². The van der Waals surface area contributed by atoms with Gasteiger partial charge in [0.1, 0.15) is 5.69 Å². The topological polar surface area (TPSA) is 131 Å². The largest absolute Gasteiger partial charge is 0.386 e. The number of imidazole rings is 1. The molecule has 0 radical (unpaired) electrons. The number of alkyl halides is 5. The summed E-state index contributed by atoms with van der Waals surface area (Å²) in [6.45, 7) is 3.86. The molecule has 11 nitrogen and oxygen atoms in total. The lowest BCUT2D eigenvalue weighted by Gasteiger charge is -2.20. The van der Waals surface area contributed by atoms with Crippen molar-refractivity contribution in [1.29, 1.82) is 0 Å². The van der Waals surface area contributed by atoms with Crippen LogP contribution in [0, 0.1) is 6.92 Å². The van der Waals surface area contributed by atoms with E-state index in [1.807, 2.05) is 6.07 Å². The zero-order chi connectivity index (χ0) is 30.8. The first-order valence-electron chi connectivity index (χ1n) is 13.7. The molecule has 16 heteroatoms. The quantitative estimate of drug-likeness (QED) is 0.384. The van der Waals surface area contributed by atoms with Crippen LogP contribution >= 0.6 is 0 Å². The molecule has 1 aliphatic heterocycles. The highest BCUT2D eigenvalue weighted by atomic mass is 19.4. The zero-order valence-corrected chi connectivity index (χ0v) is 23.5. The first-order valence-corrected chi connectivity index (χ1v) is 13.7. The highest BCUT2D eigenvalue weighted by molar-refractivity contribution is 5.92. The number of rotatable bonds is 5. The molecule has 4 heterocycles. The lowest BCUT2D eigenvalue weighted by molar-refractivity contribution is -0.110. The molecule has 2 aliphatic carbocycles. The van der Waals surface area contributed by atoms with Gasteiger partial charge < -0.3 is 15.5 Å². The van der Waals surface area contributed by atoms with Crippen LogP contribution in [-0.4, -0.2) is 66.9 Å². The number of nitrogens with zero attached hydrogens (tertiary/aromatic N) is 6. The molecule has 3 aromatic heterocycles. The van der Waals surface area contributed by atoms with E-state index in [0.29, 0.717) is 49.5 Å². The monoisotopic (exact) mass is 602 g/mol. The van der Waals surface area contributed by atoms with E-state index in [1.54, 1.807) is 28.7 Å². The van der Waals surface area contributed by atoms with Gasteiger partial charge in [-0.1, -0.05) is 30.8 Å². The van der Waals surface area contributed by atoms with Gasteiger partial charge in [0, 0.05) is 39.4 Å². The van der Waals surface area contributed by atoms with Crippen molar-refractivity contribution >= 4 is 17.6 Å². The van der Waals surface area contributed by atoms with Crippen LogP contribution in [0.5, 0.6) is 0 Å². The summed E-state index contributed by atoms with van der Waals surface area (Å²) in [5, 5.41) is 16.9. The first-order chi connectivity index (χ1) is 19.8. The van der Waals surface area contributed by atoms with E-state index in [4.69, 9.17) is 0 Å². The maximum atomic E-state index is 12.2. The second kappa shape index (κ2) is 14.9. The van der Waals surface area contributed by atoms with Crippen LogP contribution in [0.3, 0.4) is 0 Å². The molecule has 2 N–H and O–H groups in total. The SMILES string of the molecule is C1CC1.CC(F)(F)F.Cc1nonc1C(=O)NCc1cn2ncc(CN3CCNC3=O)cc2n1.FC1(F)CCCCC1. The molecule has 0 bridgehead atoms. The number of carbonyl (C=O) groups excluding carboxylic acids is 2. The van der Waals surface area contributed by atoms with Crippen LogP contribution in [0.4, 0.5) is 26.7 Å². The average Bonchev–Trinajstić information content (AvgIpc) is 3.51. The molecule has 2 saturated carbocycles. The summed E-state index contributed by atoms with van der Waals surface area (Å²) < 4.78 is 61.6. The second-order valence-electron chi connectivity index (χ2n) is 10.2. The number of hydrogen-bond acceptors (Lipinski definition) is 7. The Morgan fingerprint density at radius 1 is 1.12 bits per heavy atom. The van der Waals surface area contributed by atoms with Crippen LogP contribution in [-0.2, 0) is 13.1 Å². The Balaban J connectivity index is 0.000000246. The van der Waals surface area contributed by atoms with Crippen molar-refractivity contribution < 1.29 is 36.2 Å². The van der Waals surface area contributed by atoms with Gasteiger partial charge in [-0.2, -0.15) is 18.3 Å². The van der Waals surface area contributed by atoms with Crippen molar-refractivity contribution in [1.82, 2.24) is 40.4 Å². The normalized spacial score (nSPS) is 17.1. The first kappa shape index (κ1) is 32.7. The van der Waals surface area contributed by atoms with Gasteiger partial charge >= 0.3 is 12.2 Å². The number of halogens is 5. The Morgan fingerprint density at radius 2 is 1.76 bits per heavy atom. The highest BCUT2D eigenvalue weighted by Gasteiger charge is 2.30. The van der Waals surface area contributed by atoms with Crippen molar-refractivity contribution in [3.05, 3.63) is 41.1 Å². The minimum atomic E-state index is -4.00. The molecular weight excluding hydrogens is 567 g/mol. The third-order valence-electron chi connectivity index (χ3n) is 5.98. The molecule has 232 valence electrons. The van der Waals surface area contributed by atoms with E-state index in [1.165, 1.54) is 19.3 Å². The summed E-state index contributed by atoms with van der Waals surface area (Å²) in [7, 11) is 0. The van der Waals surface area contributed by atoms with Gasteiger partial charge in [0.15, 0.2) is 11.3 Å². The maximum absolute atomic E-state index is 12.2. The van der Waals surface area contributed by atoms with Crippen molar-refractivity contribution in [2.45, 2.75) is 90.4 Å². The van der Waals surface area contributed by atoms with Gasteiger partial charge in [0.25, 0.3) is 5.91 Å². The molecule has 1 saturated heterocycles. The number of amides is 3. The summed E-state index contributed by atoms with van der Waals surface area (Å²) in [5.41, 5.74) is 2.76. The number of aromatic nitrogens is 5. The molecule has 3 fully saturated rings. The fourth-order valence-corrected chi connectivity index (χ4v) is 3.78. The maximum Gasteiger partial charge on any atom is 0.386 e. The standard InChI is InChI=1S/C15H16N8O3.C6H10F2.C3H6.C2H3F3/c1-9-13(21-26-20-9)14(24)17-6-11-8-23-12(19-11)4-10(5-18-23)7-22-3-2-16-15(22)25;7-6(8)4-2-1-3-5-6;1-2-3-1;1-2(3,4)5/h4-5,8H,2-3,6-7H2,1H3,(H,16,25)(H,17,24);1-5H2;1-3H2;1H3. The van der Waals surface area contributed by atoms with Crippen LogP contribution < -0.4 is 10.6 Å². The average molecular weight is 603 g/mol. The lowest BCUT2D eigenvalue weighted by atomic mass is 9.97.